The van der Waals surface area contributed by atoms with Gasteiger partial charge in [-0.25, -0.2) is 0 Å². The number of carbonyl (C=O) groups is 1. The molecular formula is C17H21NO4. The van der Waals surface area contributed by atoms with Crippen molar-refractivity contribution in [3.05, 3.63) is 23.8 Å². The van der Waals surface area contributed by atoms with E-state index >= 15 is 0 Å². The first-order chi connectivity index (χ1) is 10.5. The van der Waals surface area contributed by atoms with Gasteiger partial charge in [0.05, 0.1) is 27.4 Å². The fraction of sp³-hybridized carbons (Fsp3) is 0.353. The second kappa shape index (κ2) is 7.99. The Hall–Kier alpha value is -2.61. The second-order valence-electron chi connectivity index (χ2n) is 4.58. The van der Waals surface area contributed by atoms with E-state index in [0.717, 1.165) is 5.56 Å². The smallest absolute Gasteiger partial charge is 0.247 e. The summed E-state index contributed by atoms with van der Waals surface area (Å²) in [7, 11) is 6.28. The second-order valence-corrected chi connectivity index (χ2v) is 4.58. The highest BCUT2D eigenvalue weighted by atomic mass is 16.5. The number of methoxy groups -OCH3 is 3. The first-order valence-electron chi connectivity index (χ1n) is 6.69. The molecule has 0 radical (unpaired) electrons. The zero-order valence-electron chi connectivity index (χ0n) is 13.5. The quantitative estimate of drug-likeness (QED) is 0.597. The van der Waals surface area contributed by atoms with Gasteiger partial charge in [-0.15, -0.1) is 6.42 Å². The lowest BCUT2D eigenvalue weighted by Gasteiger charge is -2.18. The molecule has 0 saturated heterocycles. The van der Waals surface area contributed by atoms with E-state index in [9.17, 15) is 4.79 Å². The standard InChI is InChI=1S/C17H21NO4/c1-7-12(2)18(3)16(19)9-8-13-10-14(20-4)17(22-6)15(11-13)21-5/h1,8-12H,2-6H3/b9-8+. The van der Waals surface area contributed by atoms with Crippen LogP contribution in [-0.2, 0) is 4.79 Å². The van der Waals surface area contributed by atoms with Gasteiger partial charge in [0.25, 0.3) is 0 Å². The predicted octanol–water partition coefficient (Wildman–Crippen LogP) is 2.21. The Morgan fingerprint density at radius 3 is 2.18 bits per heavy atom. The minimum absolute atomic E-state index is 0.181. The van der Waals surface area contributed by atoms with Crippen molar-refractivity contribution in [1.82, 2.24) is 4.90 Å². The van der Waals surface area contributed by atoms with Crippen molar-refractivity contribution < 1.29 is 19.0 Å². The van der Waals surface area contributed by atoms with Gasteiger partial charge in [0.15, 0.2) is 11.5 Å². The summed E-state index contributed by atoms with van der Waals surface area (Å²) in [6.45, 7) is 1.78. The van der Waals surface area contributed by atoms with Gasteiger partial charge in [-0.1, -0.05) is 5.92 Å². The van der Waals surface area contributed by atoms with Crippen LogP contribution in [0.1, 0.15) is 12.5 Å². The number of carbonyl (C=O) groups excluding carboxylic acids is 1. The molecule has 0 spiro atoms. The number of hydrogen-bond donors (Lipinski definition) is 0. The summed E-state index contributed by atoms with van der Waals surface area (Å²) in [6.07, 6.45) is 8.44. The average molecular weight is 303 g/mol. The van der Waals surface area contributed by atoms with Gasteiger partial charge in [0.1, 0.15) is 0 Å². The Labute approximate surface area is 131 Å². The van der Waals surface area contributed by atoms with Gasteiger partial charge in [-0.05, 0) is 30.7 Å². The molecule has 0 aliphatic carbocycles. The van der Waals surface area contributed by atoms with Crippen LogP contribution in [0.25, 0.3) is 6.08 Å². The van der Waals surface area contributed by atoms with E-state index in [-0.39, 0.29) is 11.9 Å². The summed E-state index contributed by atoms with van der Waals surface area (Å²) in [5, 5.41) is 0. The van der Waals surface area contributed by atoms with E-state index in [0.29, 0.717) is 17.2 Å². The number of hydrogen-bond acceptors (Lipinski definition) is 4. The highest BCUT2D eigenvalue weighted by molar-refractivity contribution is 5.92. The van der Waals surface area contributed by atoms with E-state index in [1.165, 1.54) is 32.3 Å². The molecule has 1 aromatic rings. The molecule has 1 aromatic carbocycles. The molecule has 1 amide bonds. The monoisotopic (exact) mass is 303 g/mol. The van der Waals surface area contributed by atoms with Crippen LogP contribution in [0.2, 0.25) is 0 Å². The van der Waals surface area contributed by atoms with Crippen LogP contribution in [0.5, 0.6) is 17.2 Å². The summed E-state index contributed by atoms with van der Waals surface area (Å²) in [4.78, 5) is 13.5. The van der Waals surface area contributed by atoms with Crippen LogP contribution < -0.4 is 14.2 Å². The predicted molar refractivity (Wildman–Crippen MR) is 86.2 cm³/mol. The number of ether oxygens (including phenoxy) is 3. The highest BCUT2D eigenvalue weighted by Gasteiger charge is 2.13. The van der Waals surface area contributed by atoms with Crippen LogP contribution in [0.4, 0.5) is 0 Å². The Bertz CT molecular complexity index is 576. The van der Waals surface area contributed by atoms with E-state index < -0.39 is 0 Å². The van der Waals surface area contributed by atoms with Crippen LogP contribution in [0.15, 0.2) is 18.2 Å². The zero-order chi connectivity index (χ0) is 16.7. The van der Waals surface area contributed by atoms with Gasteiger partial charge in [-0.3, -0.25) is 4.79 Å². The van der Waals surface area contributed by atoms with E-state index in [1.807, 2.05) is 0 Å². The molecule has 0 bridgehead atoms. The lowest BCUT2D eigenvalue weighted by molar-refractivity contribution is -0.125. The normalized spacial score (nSPS) is 11.6. The molecule has 5 heteroatoms. The van der Waals surface area contributed by atoms with Crippen LogP contribution in [-0.4, -0.2) is 45.2 Å². The lowest BCUT2D eigenvalue weighted by Crippen LogP contribution is -2.32. The number of rotatable bonds is 6. The summed E-state index contributed by atoms with van der Waals surface area (Å²) in [5.74, 6) is 3.89. The summed E-state index contributed by atoms with van der Waals surface area (Å²) >= 11 is 0. The third-order valence-corrected chi connectivity index (χ3v) is 3.28. The van der Waals surface area contributed by atoms with Gasteiger partial charge in [0.2, 0.25) is 11.7 Å². The summed E-state index contributed by atoms with van der Waals surface area (Å²) in [6, 6.07) is 3.25. The molecular weight excluding hydrogens is 282 g/mol. The van der Waals surface area contributed by atoms with Gasteiger partial charge in [0, 0.05) is 13.1 Å². The van der Waals surface area contributed by atoms with Crippen molar-refractivity contribution >= 4 is 12.0 Å². The van der Waals surface area contributed by atoms with Crippen molar-refractivity contribution in [1.29, 1.82) is 0 Å². The number of terminal acetylenes is 1. The lowest BCUT2D eigenvalue weighted by atomic mass is 10.1. The Morgan fingerprint density at radius 2 is 1.77 bits per heavy atom. The first-order valence-corrected chi connectivity index (χ1v) is 6.69. The number of amides is 1. The molecule has 0 aliphatic rings. The topological polar surface area (TPSA) is 48.0 Å². The zero-order valence-corrected chi connectivity index (χ0v) is 13.5. The largest absolute Gasteiger partial charge is 0.493 e. The van der Waals surface area contributed by atoms with E-state index in [4.69, 9.17) is 20.6 Å². The maximum absolute atomic E-state index is 12.0. The minimum Gasteiger partial charge on any atom is -0.493 e. The Kier molecular flexibility index (Phi) is 6.33. The SMILES string of the molecule is C#CC(C)N(C)C(=O)/C=C/c1cc(OC)c(OC)c(OC)c1. The number of benzene rings is 1. The molecule has 0 heterocycles. The fourth-order valence-electron chi connectivity index (χ4n) is 1.79. The molecule has 1 unspecified atom stereocenters. The molecule has 1 atom stereocenters. The van der Waals surface area contributed by atoms with E-state index in [1.54, 1.807) is 32.2 Å². The van der Waals surface area contributed by atoms with Crippen LogP contribution >= 0.6 is 0 Å². The number of likely N-dealkylation sites (N-methyl/N-ethyl adjacent to an activating group) is 1. The van der Waals surface area contributed by atoms with Crippen LogP contribution in [0.3, 0.4) is 0 Å². The summed E-state index contributed by atoms with van der Waals surface area (Å²) < 4.78 is 15.8. The molecule has 1 rings (SSSR count). The molecule has 22 heavy (non-hydrogen) atoms. The van der Waals surface area contributed by atoms with Crippen molar-refractivity contribution in [3.63, 3.8) is 0 Å². The molecule has 5 nitrogen and oxygen atoms in total. The van der Waals surface area contributed by atoms with Gasteiger partial charge in [-0.2, -0.15) is 0 Å². The van der Waals surface area contributed by atoms with Gasteiger partial charge >= 0.3 is 0 Å². The van der Waals surface area contributed by atoms with Gasteiger partial charge < -0.3 is 19.1 Å². The first kappa shape index (κ1) is 17.4. The molecule has 118 valence electrons. The third-order valence-electron chi connectivity index (χ3n) is 3.28. The van der Waals surface area contributed by atoms with Crippen LogP contribution in [0, 0.1) is 12.3 Å². The molecule has 0 aromatic heterocycles. The summed E-state index contributed by atoms with van der Waals surface area (Å²) in [5.41, 5.74) is 0.754. The minimum atomic E-state index is -0.267. The van der Waals surface area contributed by atoms with Crippen molar-refractivity contribution in [2.45, 2.75) is 13.0 Å². The van der Waals surface area contributed by atoms with E-state index in [2.05, 4.69) is 5.92 Å². The van der Waals surface area contributed by atoms with Crippen molar-refractivity contribution in [2.75, 3.05) is 28.4 Å². The highest BCUT2D eigenvalue weighted by Crippen LogP contribution is 2.38. The molecule has 0 fully saturated rings. The molecule has 0 saturated carbocycles. The molecule has 0 aliphatic heterocycles. The number of nitrogens with zero attached hydrogens (tertiary/aromatic N) is 1. The average Bonchev–Trinajstić information content (AvgIpc) is 2.56. The maximum Gasteiger partial charge on any atom is 0.247 e. The molecule has 0 N–H and O–H groups in total. The van der Waals surface area contributed by atoms with Crippen molar-refractivity contribution in [2.24, 2.45) is 0 Å². The maximum atomic E-state index is 12.0. The van der Waals surface area contributed by atoms with Crippen molar-refractivity contribution in [3.8, 4) is 29.6 Å². The Morgan fingerprint density at radius 1 is 1.23 bits per heavy atom. The Balaban J connectivity index is 3.06. The fourth-order valence-corrected chi connectivity index (χ4v) is 1.79. The third kappa shape index (κ3) is 3.95.